The van der Waals surface area contributed by atoms with Crippen LogP contribution in [0.15, 0.2) is 6.20 Å². The van der Waals surface area contributed by atoms with Crippen LogP contribution in [-0.4, -0.2) is 31.6 Å². The summed E-state index contributed by atoms with van der Waals surface area (Å²) in [7, 11) is 0. The molecule has 5 heteroatoms. The first-order valence-corrected chi connectivity index (χ1v) is 6.94. The van der Waals surface area contributed by atoms with Gasteiger partial charge >= 0.3 is 0 Å². The highest BCUT2D eigenvalue weighted by Gasteiger charge is 2.13. The Bertz CT molecular complexity index is 301. The lowest BCUT2D eigenvalue weighted by molar-refractivity contribution is 0.191. The van der Waals surface area contributed by atoms with Gasteiger partial charge in [0.15, 0.2) is 0 Å². The van der Waals surface area contributed by atoms with Gasteiger partial charge in [-0.2, -0.15) is 11.8 Å². The molecule has 1 unspecified atom stereocenters. The molecular formula is C11H21N3OS. The largest absolute Gasteiger partial charge is 0.386 e. The van der Waals surface area contributed by atoms with E-state index in [-0.39, 0.29) is 0 Å². The summed E-state index contributed by atoms with van der Waals surface area (Å²) < 4.78 is 1.79. The summed E-state index contributed by atoms with van der Waals surface area (Å²) in [5.41, 5.74) is 0.832. The van der Waals surface area contributed by atoms with Crippen molar-refractivity contribution in [2.24, 2.45) is 5.92 Å². The van der Waals surface area contributed by atoms with Crippen molar-refractivity contribution in [2.45, 2.75) is 39.8 Å². The first-order chi connectivity index (χ1) is 7.65. The van der Waals surface area contributed by atoms with Crippen LogP contribution in [0.25, 0.3) is 0 Å². The Morgan fingerprint density at radius 1 is 1.44 bits per heavy atom. The number of rotatable bonds is 7. The zero-order chi connectivity index (χ0) is 12.0. The molecule has 0 saturated heterocycles. The summed E-state index contributed by atoms with van der Waals surface area (Å²) in [6.45, 7) is 7.27. The standard InChI is InChI=1S/C11H21N3OS/c1-4-5-14-10(6-12-13-14)11(15)8-16-7-9(2)3/h6,9,11,15H,4-5,7-8H2,1-3H3. The lowest BCUT2D eigenvalue weighted by atomic mass is 10.3. The Hall–Kier alpha value is -0.550. The summed E-state index contributed by atoms with van der Waals surface area (Å²) in [6.07, 6.45) is 2.21. The molecule has 16 heavy (non-hydrogen) atoms. The molecule has 0 aromatic carbocycles. The Kier molecular flexibility index (Phi) is 5.84. The van der Waals surface area contributed by atoms with Crippen molar-refractivity contribution < 1.29 is 5.11 Å². The molecule has 1 aromatic heterocycles. The fraction of sp³-hybridized carbons (Fsp3) is 0.818. The molecule has 0 amide bonds. The van der Waals surface area contributed by atoms with E-state index in [4.69, 9.17) is 0 Å². The Morgan fingerprint density at radius 2 is 2.19 bits per heavy atom. The van der Waals surface area contributed by atoms with E-state index in [1.807, 2.05) is 0 Å². The van der Waals surface area contributed by atoms with E-state index in [0.29, 0.717) is 5.92 Å². The molecule has 0 fully saturated rings. The molecule has 1 atom stereocenters. The van der Waals surface area contributed by atoms with Gasteiger partial charge in [0.25, 0.3) is 0 Å². The predicted molar refractivity (Wildman–Crippen MR) is 67.4 cm³/mol. The summed E-state index contributed by atoms with van der Waals surface area (Å²) in [6, 6.07) is 0. The monoisotopic (exact) mass is 243 g/mol. The van der Waals surface area contributed by atoms with Crippen molar-refractivity contribution in [3.8, 4) is 0 Å². The third-order valence-electron chi connectivity index (χ3n) is 2.15. The first kappa shape index (κ1) is 13.5. The van der Waals surface area contributed by atoms with Crippen LogP contribution in [0.1, 0.15) is 39.0 Å². The van der Waals surface area contributed by atoms with Gasteiger partial charge in [-0.25, -0.2) is 4.68 Å². The molecular weight excluding hydrogens is 222 g/mol. The van der Waals surface area contributed by atoms with E-state index in [1.54, 1.807) is 22.6 Å². The third-order valence-corrected chi connectivity index (χ3v) is 3.61. The molecule has 0 spiro atoms. The van der Waals surface area contributed by atoms with Gasteiger partial charge in [-0.15, -0.1) is 5.10 Å². The van der Waals surface area contributed by atoms with Crippen molar-refractivity contribution in [1.29, 1.82) is 0 Å². The van der Waals surface area contributed by atoms with Gasteiger partial charge in [0.05, 0.1) is 11.9 Å². The van der Waals surface area contributed by atoms with Crippen molar-refractivity contribution in [3.05, 3.63) is 11.9 Å². The summed E-state index contributed by atoms with van der Waals surface area (Å²) >= 11 is 1.78. The molecule has 1 N–H and O–H groups in total. The number of hydrogen-bond donors (Lipinski definition) is 1. The maximum atomic E-state index is 10.0. The predicted octanol–water partition coefficient (Wildman–Crippen LogP) is 2.11. The van der Waals surface area contributed by atoms with Gasteiger partial charge < -0.3 is 5.11 Å². The number of nitrogens with zero attached hydrogens (tertiary/aromatic N) is 3. The molecule has 1 aromatic rings. The average molecular weight is 243 g/mol. The van der Waals surface area contributed by atoms with Gasteiger partial charge in [0.1, 0.15) is 6.10 Å². The number of aliphatic hydroxyl groups excluding tert-OH is 1. The van der Waals surface area contributed by atoms with Gasteiger partial charge in [-0.3, -0.25) is 0 Å². The fourth-order valence-corrected chi connectivity index (χ4v) is 2.41. The highest BCUT2D eigenvalue weighted by atomic mass is 32.2. The number of hydrogen-bond acceptors (Lipinski definition) is 4. The van der Waals surface area contributed by atoms with E-state index in [9.17, 15) is 5.11 Å². The second-order valence-electron chi connectivity index (χ2n) is 4.33. The molecule has 1 heterocycles. The number of thioether (sulfide) groups is 1. The van der Waals surface area contributed by atoms with Crippen molar-refractivity contribution in [1.82, 2.24) is 15.0 Å². The lowest BCUT2D eigenvalue weighted by Crippen LogP contribution is -2.11. The number of aryl methyl sites for hydroxylation is 1. The van der Waals surface area contributed by atoms with E-state index in [1.165, 1.54) is 0 Å². The van der Waals surface area contributed by atoms with Gasteiger partial charge in [0.2, 0.25) is 0 Å². The maximum absolute atomic E-state index is 10.0. The van der Waals surface area contributed by atoms with Crippen LogP contribution < -0.4 is 0 Å². The second kappa shape index (κ2) is 6.91. The quantitative estimate of drug-likeness (QED) is 0.797. The molecule has 0 aliphatic heterocycles. The summed E-state index contributed by atoms with van der Waals surface area (Å²) in [5.74, 6) is 2.46. The minimum Gasteiger partial charge on any atom is -0.386 e. The zero-order valence-corrected chi connectivity index (χ0v) is 11.1. The van der Waals surface area contributed by atoms with Crippen LogP contribution in [0, 0.1) is 5.92 Å². The molecule has 0 bridgehead atoms. The topological polar surface area (TPSA) is 50.9 Å². The first-order valence-electron chi connectivity index (χ1n) is 5.79. The highest BCUT2D eigenvalue weighted by Crippen LogP contribution is 2.19. The number of aliphatic hydroxyl groups is 1. The fourth-order valence-electron chi connectivity index (χ4n) is 1.41. The zero-order valence-electron chi connectivity index (χ0n) is 10.3. The van der Waals surface area contributed by atoms with Crippen LogP contribution in [0.2, 0.25) is 0 Å². The molecule has 0 aliphatic carbocycles. The smallest absolute Gasteiger partial charge is 0.106 e. The van der Waals surface area contributed by atoms with Gasteiger partial charge in [-0.1, -0.05) is 26.0 Å². The van der Waals surface area contributed by atoms with E-state index in [2.05, 4.69) is 31.1 Å². The molecule has 0 saturated carbocycles. The molecule has 1 rings (SSSR count). The number of aromatic nitrogens is 3. The lowest BCUT2D eigenvalue weighted by Gasteiger charge is -2.12. The summed E-state index contributed by atoms with van der Waals surface area (Å²) in [5, 5.41) is 17.8. The van der Waals surface area contributed by atoms with Crippen molar-refractivity contribution in [3.63, 3.8) is 0 Å². The van der Waals surface area contributed by atoms with E-state index in [0.717, 1.165) is 30.2 Å². The van der Waals surface area contributed by atoms with Crippen LogP contribution in [0.5, 0.6) is 0 Å². The van der Waals surface area contributed by atoms with Crippen molar-refractivity contribution in [2.75, 3.05) is 11.5 Å². The Balaban J connectivity index is 2.45. The van der Waals surface area contributed by atoms with Crippen LogP contribution in [0.3, 0.4) is 0 Å². The average Bonchev–Trinajstić information content (AvgIpc) is 2.66. The van der Waals surface area contributed by atoms with Crippen LogP contribution in [-0.2, 0) is 6.54 Å². The molecule has 0 aliphatic rings. The maximum Gasteiger partial charge on any atom is 0.106 e. The van der Waals surface area contributed by atoms with Gasteiger partial charge in [0, 0.05) is 12.3 Å². The SMILES string of the molecule is CCCn1nncc1C(O)CSCC(C)C. The van der Waals surface area contributed by atoms with Crippen LogP contribution in [0.4, 0.5) is 0 Å². The second-order valence-corrected chi connectivity index (χ2v) is 5.40. The molecule has 92 valence electrons. The minimum absolute atomic E-state index is 0.453. The third kappa shape index (κ3) is 4.14. The normalized spacial score (nSPS) is 13.3. The van der Waals surface area contributed by atoms with Crippen LogP contribution >= 0.6 is 11.8 Å². The van der Waals surface area contributed by atoms with E-state index >= 15 is 0 Å². The summed E-state index contributed by atoms with van der Waals surface area (Å²) in [4.78, 5) is 0. The van der Waals surface area contributed by atoms with Gasteiger partial charge in [-0.05, 0) is 18.1 Å². The highest BCUT2D eigenvalue weighted by molar-refractivity contribution is 7.99. The Morgan fingerprint density at radius 3 is 2.81 bits per heavy atom. The minimum atomic E-state index is -0.453. The van der Waals surface area contributed by atoms with Crippen molar-refractivity contribution >= 4 is 11.8 Å². The Labute approximate surface area is 101 Å². The molecule has 0 radical (unpaired) electrons. The molecule has 4 nitrogen and oxygen atoms in total. The van der Waals surface area contributed by atoms with E-state index < -0.39 is 6.10 Å².